The quantitative estimate of drug-likeness (QED) is 0.742. The van der Waals surface area contributed by atoms with Crippen molar-refractivity contribution in [2.24, 2.45) is 0 Å². The van der Waals surface area contributed by atoms with Gasteiger partial charge < -0.3 is 4.90 Å². The second-order valence-electron chi connectivity index (χ2n) is 5.69. The van der Waals surface area contributed by atoms with Gasteiger partial charge in [0.25, 0.3) is 0 Å². The van der Waals surface area contributed by atoms with Crippen molar-refractivity contribution in [3.05, 3.63) is 35.6 Å². The maximum absolute atomic E-state index is 13.3. The highest BCUT2D eigenvalue weighted by atomic mass is 19.1. The normalized spacial score (nSPS) is 18.5. The summed E-state index contributed by atoms with van der Waals surface area (Å²) in [6.07, 6.45) is 7.03. The minimum Gasteiger partial charge on any atom is -0.322 e. The molecule has 1 atom stereocenters. The van der Waals surface area contributed by atoms with Gasteiger partial charge in [-0.2, -0.15) is 0 Å². The molecule has 0 spiro atoms. The maximum Gasteiger partial charge on any atom is 0.238 e. The number of hydrogen-bond acceptors (Lipinski definition) is 2. The van der Waals surface area contributed by atoms with E-state index in [9.17, 15) is 9.18 Å². The first-order valence-corrected chi connectivity index (χ1v) is 8.00. The van der Waals surface area contributed by atoms with Crippen LogP contribution in [0.1, 0.15) is 57.2 Å². The van der Waals surface area contributed by atoms with E-state index in [1.807, 2.05) is 11.0 Å². The summed E-state index contributed by atoms with van der Waals surface area (Å²) in [4.78, 5) is 13.8. The molecule has 1 saturated heterocycles. The van der Waals surface area contributed by atoms with Crippen LogP contribution in [0.5, 0.6) is 0 Å². The average Bonchev–Trinajstić information content (AvgIpc) is 2.84. The Balaban J connectivity index is 1.86. The van der Waals surface area contributed by atoms with Crippen molar-refractivity contribution in [3.8, 4) is 0 Å². The largest absolute Gasteiger partial charge is 0.322 e. The van der Waals surface area contributed by atoms with Crippen molar-refractivity contribution in [1.82, 2.24) is 10.2 Å². The molecule has 1 heterocycles. The van der Waals surface area contributed by atoms with Crippen LogP contribution in [0.15, 0.2) is 24.3 Å². The molecule has 3 nitrogen and oxygen atoms in total. The van der Waals surface area contributed by atoms with Crippen LogP contribution in [0, 0.1) is 5.82 Å². The van der Waals surface area contributed by atoms with Gasteiger partial charge in [0, 0.05) is 6.54 Å². The van der Waals surface area contributed by atoms with Gasteiger partial charge in [-0.3, -0.25) is 10.1 Å². The molecule has 1 fully saturated rings. The zero-order valence-corrected chi connectivity index (χ0v) is 12.8. The van der Waals surface area contributed by atoms with Gasteiger partial charge in [0.15, 0.2) is 0 Å². The number of carbonyl (C=O) groups excluding carboxylic acids is 1. The van der Waals surface area contributed by atoms with Crippen LogP contribution in [-0.4, -0.2) is 23.9 Å². The lowest BCUT2D eigenvalue weighted by atomic mass is 10.1. The lowest BCUT2D eigenvalue weighted by Crippen LogP contribution is -2.31. The van der Waals surface area contributed by atoms with Crippen LogP contribution in [0.2, 0.25) is 0 Å². The zero-order chi connectivity index (χ0) is 15.1. The summed E-state index contributed by atoms with van der Waals surface area (Å²) in [7, 11) is 0. The zero-order valence-electron chi connectivity index (χ0n) is 12.8. The predicted molar refractivity (Wildman–Crippen MR) is 82.2 cm³/mol. The second-order valence-corrected chi connectivity index (χ2v) is 5.69. The van der Waals surface area contributed by atoms with Gasteiger partial charge >= 0.3 is 0 Å². The van der Waals surface area contributed by atoms with Crippen LogP contribution < -0.4 is 5.32 Å². The van der Waals surface area contributed by atoms with Gasteiger partial charge in [-0.05, 0) is 24.1 Å². The monoisotopic (exact) mass is 292 g/mol. The van der Waals surface area contributed by atoms with E-state index in [0.29, 0.717) is 6.54 Å². The van der Waals surface area contributed by atoms with E-state index in [2.05, 4.69) is 12.2 Å². The molecular weight excluding hydrogens is 267 g/mol. The van der Waals surface area contributed by atoms with Crippen LogP contribution in [-0.2, 0) is 4.79 Å². The molecule has 0 aromatic heterocycles. The Morgan fingerprint density at radius 3 is 2.76 bits per heavy atom. The number of amides is 1. The van der Waals surface area contributed by atoms with E-state index in [1.165, 1.54) is 37.8 Å². The minimum absolute atomic E-state index is 0.109. The average molecular weight is 292 g/mol. The highest BCUT2D eigenvalue weighted by molar-refractivity contribution is 5.80. The molecule has 4 heteroatoms. The van der Waals surface area contributed by atoms with Gasteiger partial charge in [-0.25, -0.2) is 4.39 Å². The molecule has 116 valence electrons. The highest BCUT2D eigenvalue weighted by Crippen LogP contribution is 2.23. The molecule has 1 aliphatic rings. The highest BCUT2D eigenvalue weighted by Gasteiger charge is 2.30. The van der Waals surface area contributed by atoms with Gasteiger partial charge in [-0.1, -0.05) is 51.2 Å². The number of nitrogens with zero attached hydrogens (tertiary/aromatic N) is 1. The van der Waals surface area contributed by atoms with E-state index in [0.717, 1.165) is 24.9 Å². The fourth-order valence-corrected chi connectivity index (χ4v) is 2.83. The number of benzene rings is 1. The van der Waals surface area contributed by atoms with Gasteiger partial charge in [0.05, 0.1) is 6.54 Å². The minimum atomic E-state index is -0.256. The van der Waals surface area contributed by atoms with Crippen LogP contribution in [0.3, 0.4) is 0 Å². The van der Waals surface area contributed by atoms with Crippen molar-refractivity contribution >= 4 is 5.91 Å². The molecule has 1 unspecified atom stereocenters. The maximum atomic E-state index is 13.3. The molecule has 1 aromatic rings. The van der Waals surface area contributed by atoms with E-state index in [-0.39, 0.29) is 17.9 Å². The number of hydrogen-bond donors (Lipinski definition) is 1. The summed E-state index contributed by atoms with van der Waals surface area (Å²) in [5.74, 6) is -0.147. The number of carbonyl (C=O) groups is 1. The Kier molecular flexibility index (Phi) is 6.18. The van der Waals surface area contributed by atoms with Crippen molar-refractivity contribution < 1.29 is 9.18 Å². The van der Waals surface area contributed by atoms with Gasteiger partial charge in [-0.15, -0.1) is 0 Å². The lowest BCUT2D eigenvalue weighted by Gasteiger charge is -2.24. The van der Waals surface area contributed by atoms with Gasteiger partial charge in [0.2, 0.25) is 5.91 Å². The summed E-state index contributed by atoms with van der Waals surface area (Å²) in [6, 6.07) is 6.49. The van der Waals surface area contributed by atoms with Crippen molar-refractivity contribution in [2.75, 3.05) is 13.1 Å². The second kappa shape index (κ2) is 8.13. The van der Waals surface area contributed by atoms with Crippen molar-refractivity contribution in [2.45, 2.75) is 51.6 Å². The molecule has 0 aliphatic carbocycles. The third-order valence-corrected chi connectivity index (χ3v) is 4.00. The fourth-order valence-electron chi connectivity index (χ4n) is 2.83. The summed E-state index contributed by atoms with van der Waals surface area (Å²) in [6.45, 7) is 3.30. The van der Waals surface area contributed by atoms with Crippen molar-refractivity contribution in [3.63, 3.8) is 0 Å². The Labute approximate surface area is 126 Å². The summed E-state index contributed by atoms with van der Waals surface area (Å²) in [5, 5.41) is 3.17. The standard InChI is InChI=1S/C17H25FN2O/c1-2-3-4-5-6-7-11-20-16(21)13-19-17(20)14-9-8-10-15(18)12-14/h8-10,12,17,19H,2-7,11,13H2,1H3. The lowest BCUT2D eigenvalue weighted by molar-refractivity contribution is -0.128. The molecular formula is C17H25FN2O. The Morgan fingerprint density at radius 1 is 1.24 bits per heavy atom. The number of halogens is 1. The first-order valence-electron chi connectivity index (χ1n) is 8.00. The first-order chi connectivity index (χ1) is 10.2. The van der Waals surface area contributed by atoms with Crippen LogP contribution >= 0.6 is 0 Å². The van der Waals surface area contributed by atoms with E-state index >= 15 is 0 Å². The third kappa shape index (κ3) is 4.53. The Hall–Kier alpha value is -1.42. The number of unbranched alkanes of at least 4 members (excludes halogenated alkanes) is 5. The molecule has 1 aliphatic heterocycles. The summed E-state index contributed by atoms with van der Waals surface area (Å²) < 4.78 is 13.3. The topological polar surface area (TPSA) is 32.3 Å². The molecule has 1 amide bonds. The smallest absolute Gasteiger partial charge is 0.238 e. The van der Waals surface area contributed by atoms with Gasteiger partial charge in [0.1, 0.15) is 12.0 Å². The molecule has 1 N–H and O–H groups in total. The molecule has 2 rings (SSSR count). The molecule has 0 bridgehead atoms. The van der Waals surface area contributed by atoms with E-state index < -0.39 is 0 Å². The summed E-state index contributed by atoms with van der Waals surface area (Å²) in [5.41, 5.74) is 0.826. The fraction of sp³-hybridized carbons (Fsp3) is 0.588. The first kappa shape index (κ1) is 16.0. The van der Waals surface area contributed by atoms with Crippen molar-refractivity contribution in [1.29, 1.82) is 0 Å². The number of rotatable bonds is 8. The van der Waals surface area contributed by atoms with Crippen LogP contribution in [0.4, 0.5) is 4.39 Å². The number of nitrogens with one attached hydrogen (secondary N) is 1. The molecule has 0 radical (unpaired) electrons. The SMILES string of the molecule is CCCCCCCCN1C(=O)CNC1c1cccc(F)c1. The molecule has 1 aromatic carbocycles. The van der Waals surface area contributed by atoms with E-state index in [1.54, 1.807) is 6.07 Å². The summed E-state index contributed by atoms with van der Waals surface area (Å²) >= 11 is 0. The van der Waals surface area contributed by atoms with E-state index in [4.69, 9.17) is 0 Å². The molecule has 0 saturated carbocycles. The Bertz CT molecular complexity index is 464. The molecule has 21 heavy (non-hydrogen) atoms. The Morgan fingerprint density at radius 2 is 2.00 bits per heavy atom. The third-order valence-electron chi connectivity index (χ3n) is 4.00. The van der Waals surface area contributed by atoms with Crippen LogP contribution in [0.25, 0.3) is 0 Å². The predicted octanol–water partition coefficient (Wildman–Crippen LogP) is 3.62.